The highest BCUT2D eigenvalue weighted by atomic mass is 32.1. The third-order valence-corrected chi connectivity index (χ3v) is 5.00. The van der Waals surface area contributed by atoms with Crippen molar-refractivity contribution in [3.05, 3.63) is 9.75 Å². The number of aliphatic carboxylic acids is 2. The Kier molecular flexibility index (Phi) is 3.34. The Bertz CT molecular complexity index is 853. The number of rotatable bonds is 4. The van der Waals surface area contributed by atoms with Gasteiger partial charge >= 0.3 is 11.9 Å². The van der Waals surface area contributed by atoms with E-state index < -0.39 is 11.9 Å². The summed E-state index contributed by atoms with van der Waals surface area (Å²) in [7, 11) is 0. The van der Waals surface area contributed by atoms with Crippen LogP contribution < -0.4 is 0 Å². The van der Waals surface area contributed by atoms with Crippen LogP contribution in [0.25, 0.3) is 20.7 Å². The first-order valence-electron chi connectivity index (χ1n) is 5.93. The molecule has 0 atom stereocenters. The molecule has 3 rings (SSSR count). The lowest BCUT2D eigenvalue weighted by atomic mass is 10.3. The monoisotopic (exact) mass is 340 g/mol. The SMILES string of the molecule is O=C(O)Cc1sc2nc3c(O)c(CC(=O)O)sc3nc2c1O. The molecule has 0 spiro atoms. The molecule has 4 N–H and O–H groups in total. The van der Waals surface area contributed by atoms with E-state index in [9.17, 15) is 19.8 Å². The zero-order valence-corrected chi connectivity index (χ0v) is 12.4. The zero-order chi connectivity index (χ0) is 16.0. The number of aromatic hydroxyl groups is 2. The van der Waals surface area contributed by atoms with Crippen LogP contribution in [0.1, 0.15) is 9.75 Å². The van der Waals surface area contributed by atoms with E-state index in [4.69, 9.17) is 10.2 Å². The zero-order valence-electron chi connectivity index (χ0n) is 10.7. The molecule has 3 aromatic rings. The maximum atomic E-state index is 10.7. The van der Waals surface area contributed by atoms with Gasteiger partial charge in [-0.3, -0.25) is 9.59 Å². The summed E-state index contributed by atoms with van der Waals surface area (Å²) in [6, 6.07) is 0. The van der Waals surface area contributed by atoms with Crippen molar-refractivity contribution in [1.82, 2.24) is 9.97 Å². The van der Waals surface area contributed by atoms with Gasteiger partial charge in [-0.25, -0.2) is 9.97 Å². The molecular formula is C12H8N2O6S2. The van der Waals surface area contributed by atoms with Gasteiger partial charge in [0.15, 0.2) is 11.5 Å². The normalized spacial score (nSPS) is 11.3. The molecule has 0 saturated heterocycles. The van der Waals surface area contributed by atoms with Gasteiger partial charge in [0, 0.05) is 0 Å². The minimum atomic E-state index is -1.09. The van der Waals surface area contributed by atoms with E-state index in [-0.39, 0.29) is 54.8 Å². The fraction of sp³-hybridized carbons (Fsp3) is 0.167. The van der Waals surface area contributed by atoms with E-state index in [2.05, 4.69) is 9.97 Å². The summed E-state index contributed by atoms with van der Waals surface area (Å²) in [5.41, 5.74) is 0.300. The van der Waals surface area contributed by atoms with Gasteiger partial charge in [0.2, 0.25) is 0 Å². The molecule has 10 heteroatoms. The van der Waals surface area contributed by atoms with Gasteiger partial charge in [-0.15, -0.1) is 22.7 Å². The molecular weight excluding hydrogens is 332 g/mol. The predicted octanol–water partition coefficient (Wildman–Crippen LogP) is 1.57. The number of carboxylic acid groups (broad SMARTS) is 2. The topological polar surface area (TPSA) is 141 Å². The molecule has 0 aromatic carbocycles. The van der Waals surface area contributed by atoms with E-state index in [1.807, 2.05) is 0 Å². The Morgan fingerprint density at radius 2 is 1.18 bits per heavy atom. The number of carbonyl (C=O) groups is 2. The van der Waals surface area contributed by atoms with Gasteiger partial charge in [0.05, 0.1) is 22.6 Å². The summed E-state index contributed by atoms with van der Waals surface area (Å²) in [4.78, 5) is 30.8. The van der Waals surface area contributed by atoms with E-state index in [0.29, 0.717) is 0 Å². The summed E-state index contributed by atoms with van der Waals surface area (Å²) >= 11 is 1.94. The molecule has 0 amide bonds. The second-order valence-corrected chi connectivity index (χ2v) is 6.59. The smallest absolute Gasteiger partial charge is 0.308 e. The molecule has 0 radical (unpaired) electrons. The Morgan fingerprint density at radius 1 is 0.818 bits per heavy atom. The highest BCUT2D eigenvalue weighted by molar-refractivity contribution is 7.20. The van der Waals surface area contributed by atoms with Crippen molar-refractivity contribution in [2.24, 2.45) is 0 Å². The summed E-state index contributed by atoms with van der Waals surface area (Å²) in [5, 5.41) is 37.6. The standard InChI is InChI=1S/C12H8N2O6S2/c15-5(16)1-3-9(19)7-11(21-3)14-8-10(20)4(2-6(17)18)22-12(8)13-7/h19-20H,1-2H2,(H,15,16)(H,17,18). The fourth-order valence-corrected chi connectivity index (χ4v) is 3.96. The molecule has 0 fully saturated rings. The highest BCUT2D eigenvalue weighted by Crippen LogP contribution is 2.41. The fourth-order valence-electron chi connectivity index (χ4n) is 1.96. The number of hydrogen-bond donors (Lipinski definition) is 4. The molecule has 3 heterocycles. The summed E-state index contributed by atoms with van der Waals surface area (Å²) in [5.74, 6) is -2.67. The van der Waals surface area contributed by atoms with Gasteiger partial charge in [0.1, 0.15) is 20.7 Å². The van der Waals surface area contributed by atoms with Crippen LogP contribution >= 0.6 is 22.7 Å². The van der Waals surface area contributed by atoms with Crippen LogP contribution in [0, 0.1) is 0 Å². The summed E-state index contributed by atoms with van der Waals surface area (Å²) in [6.45, 7) is 0. The van der Waals surface area contributed by atoms with Crippen LogP contribution in [0.4, 0.5) is 0 Å². The second kappa shape index (κ2) is 5.07. The van der Waals surface area contributed by atoms with Gasteiger partial charge in [0.25, 0.3) is 0 Å². The van der Waals surface area contributed by atoms with Crippen molar-refractivity contribution < 1.29 is 30.0 Å². The van der Waals surface area contributed by atoms with Crippen molar-refractivity contribution in [2.45, 2.75) is 12.8 Å². The minimum Gasteiger partial charge on any atom is -0.504 e. The maximum Gasteiger partial charge on any atom is 0.308 e. The quantitative estimate of drug-likeness (QED) is 0.561. The van der Waals surface area contributed by atoms with Crippen LogP contribution in [-0.4, -0.2) is 42.3 Å². The van der Waals surface area contributed by atoms with Crippen LogP contribution in [0.5, 0.6) is 11.5 Å². The largest absolute Gasteiger partial charge is 0.504 e. The Hall–Kier alpha value is -2.46. The van der Waals surface area contributed by atoms with Crippen molar-refractivity contribution in [3.63, 3.8) is 0 Å². The van der Waals surface area contributed by atoms with Crippen molar-refractivity contribution in [2.75, 3.05) is 0 Å². The number of nitrogens with zero attached hydrogens (tertiary/aromatic N) is 2. The first-order valence-corrected chi connectivity index (χ1v) is 7.56. The van der Waals surface area contributed by atoms with Crippen LogP contribution in [0.15, 0.2) is 0 Å². The molecule has 8 nitrogen and oxygen atoms in total. The number of aromatic nitrogens is 2. The van der Waals surface area contributed by atoms with E-state index >= 15 is 0 Å². The third kappa shape index (κ3) is 2.31. The second-order valence-electron chi connectivity index (χ2n) is 4.42. The average Bonchev–Trinajstić information content (AvgIpc) is 2.87. The summed E-state index contributed by atoms with van der Waals surface area (Å²) < 4.78 is 0. The van der Waals surface area contributed by atoms with Crippen LogP contribution in [0.3, 0.4) is 0 Å². The summed E-state index contributed by atoms with van der Waals surface area (Å²) in [6.07, 6.45) is -0.698. The molecule has 0 aliphatic carbocycles. The Morgan fingerprint density at radius 3 is 1.50 bits per heavy atom. The van der Waals surface area contributed by atoms with E-state index in [1.54, 1.807) is 0 Å². The van der Waals surface area contributed by atoms with Crippen molar-refractivity contribution >= 4 is 55.3 Å². The number of hydrogen-bond acceptors (Lipinski definition) is 8. The van der Waals surface area contributed by atoms with Gasteiger partial charge in [-0.2, -0.15) is 0 Å². The number of fused-ring (bicyclic) bond motifs is 2. The highest BCUT2D eigenvalue weighted by Gasteiger charge is 2.21. The van der Waals surface area contributed by atoms with Gasteiger partial charge in [-0.1, -0.05) is 0 Å². The molecule has 0 saturated carbocycles. The number of carboxylic acids is 2. The van der Waals surface area contributed by atoms with E-state index in [1.165, 1.54) is 0 Å². The molecule has 0 aliphatic rings. The molecule has 22 heavy (non-hydrogen) atoms. The first-order chi connectivity index (χ1) is 10.4. The Balaban J connectivity index is 2.19. The predicted molar refractivity (Wildman–Crippen MR) is 78.8 cm³/mol. The van der Waals surface area contributed by atoms with Crippen LogP contribution in [-0.2, 0) is 22.4 Å². The molecule has 0 aliphatic heterocycles. The molecule has 0 bridgehead atoms. The number of thiophene rings is 2. The van der Waals surface area contributed by atoms with Crippen molar-refractivity contribution in [1.29, 1.82) is 0 Å². The Labute approximate surface area is 129 Å². The van der Waals surface area contributed by atoms with E-state index in [0.717, 1.165) is 22.7 Å². The maximum absolute atomic E-state index is 10.7. The van der Waals surface area contributed by atoms with Crippen LogP contribution in [0.2, 0.25) is 0 Å². The lowest BCUT2D eigenvalue weighted by molar-refractivity contribution is -0.137. The third-order valence-electron chi connectivity index (χ3n) is 2.87. The molecule has 0 unspecified atom stereocenters. The average molecular weight is 340 g/mol. The van der Waals surface area contributed by atoms with Gasteiger partial charge in [-0.05, 0) is 0 Å². The first kappa shape index (κ1) is 14.5. The molecule has 3 aromatic heterocycles. The minimum absolute atomic E-state index is 0.150. The van der Waals surface area contributed by atoms with Crippen molar-refractivity contribution in [3.8, 4) is 11.5 Å². The lowest BCUT2D eigenvalue weighted by Gasteiger charge is -1.93. The lowest BCUT2D eigenvalue weighted by Crippen LogP contribution is -1.97. The van der Waals surface area contributed by atoms with Gasteiger partial charge < -0.3 is 20.4 Å². The molecule has 114 valence electrons.